The number of carbonyl (C=O) groups is 5. The Bertz CT molecular complexity index is 1440. The lowest BCUT2D eigenvalue weighted by atomic mass is 9.43. The van der Waals surface area contributed by atoms with Crippen LogP contribution in [0.4, 0.5) is 0 Å². The van der Waals surface area contributed by atoms with E-state index in [4.69, 9.17) is 20.8 Å². The summed E-state index contributed by atoms with van der Waals surface area (Å²) in [5.74, 6) is -2.35. The molecule has 1 unspecified atom stereocenters. The monoisotopic (exact) mass is 848 g/mol. The van der Waals surface area contributed by atoms with Gasteiger partial charge in [0.2, 0.25) is 29.5 Å². The molecule has 3 aliphatic carbocycles. The second-order valence-electron chi connectivity index (χ2n) is 18.7. The van der Waals surface area contributed by atoms with E-state index in [0.717, 1.165) is 45.2 Å². The molecular formula is C42H78BN9O8. The van der Waals surface area contributed by atoms with Crippen molar-refractivity contribution in [3.63, 3.8) is 0 Å². The van der Waals surface area contributed by atoms with Crippen molar-refractivity contribution in [2.45, 2.75) is 179 Å². The van der Waals surface area contributed by atoms with Gasteiger partial charge in [-0.05, 0) is 122 Å². The fraction of sp³-hybridized carbons (Fsp3) is 0.881. The molecule has 3 saturated carbocycles. The van der Waals surface area contributed by atoms with Crippen LogP contribution < -0.4 is 43.4 Å². The molecule has 0 aromatic heterocycles. The first-order valence-corrected chi connectivity index (χ1v) is 22.9. The molecule has 5 amide bonds. The molecule has 5 fully saturated rings. The van der Waals surface area contributed by atoms with Gasteiger partial charge >= 0.3 is 7.12 Å². The van der Waals surface area contributed by atoms with E-state index in [0.29, 0.717) is 70.1 Å². The van der Waals surface area contributed by atoms with Gasteiger partial charge in [0.15, 0.2) is 0 Å². The number of hydrogen-bond donors (Lipinski definition) is 9. The molecule has 342 valence electrons. The number of hydrogen-bond acceptors (Lipinski definition) is 12. The Hall–Kier alpha value is -2.87. The van der Waals surface area contributed by atoms with Crippen molar-refractivity contribution < 1.29 is 38.4 Å². The van der Waals surface area contributed by atoms with Crippen LogP contribution in [0.2, 0.25) is 0 Å². The number of aliphatic hydroxyl groups is 1. The summed E-state index contributed by atoms with van der Waals surface area (Å²) >= 11 is 0. The summed E-state index contributed by atoms with van der Waals surface area (Å²) in [5.41, 5.74) is 11.2. The lowest BCUT2D eigenvalue weighted by molar-refractivity contribution is -0.199. The number of rotatable bonds is 25. The predicted molar refractivity (Wildman–Crippen MR) is 231 cm³/mol. The van der Waals surface area contributed by atoms with Crippen molar-refractivity contribution in [3.05, 3.63) is 0 Å². The molecule has 0 spiro atoms. The average molecular weight is 848 g/mol. The Labute approximate surface area is 358 Å². The Morgan fingerprint density at radius 2 is 1.47 bits per heavy atom. The Kier molecular flexibility index (Phi) is 19.1. The zero-order valence-corrected chi connectivity index (χ0v) is 37.5. The van der Waals surface area contributed by atoms with Crippen LogP contribution in [-0.4, -0.2) is 140 Å². The number of carbonyl (C=O) groups excluding carboxylic acids is 5. The first-order valence-electron chi connectivity index (χ1n) is 22.9. The van der Waals surface area contributed by atoms with Gasteiger partial charge in [-0.25, -0.2) is 0 Å². The summed E-state index contributed by atoms with van der Waals surface area (Å²) in [6, 6.07) is -5.01. The zero-order valence-electron chi connectivity index (χ0n) is 37.5. The number of nitrogens with one attached hydrogen (secondary N) is 6. The number of unbranched alkanes of at least 4 members (excludes halogenated alkanes) is 5. The summed E-state index contributed by atoms with van der Waals surface area (Å²) in [7, 11) is -0.640. The first kappa shape index (κ1) is 49.8. The Morgan fingerprint density at radius 3 is 2.08 bits per heavy atom. The summed E-state index contributed by atoms with van der Waals surface area (Å²) < 4.78 is 12.9. The minimum Gasteiger partial charge on any atom is -0.404 e. The van der Waals surface area contributed by atoms with Gasteiger partial charge in [0.25, 0.3) is 0 Å². The second-order valence-corrected chi connectivity index (χ2v) is 18.7. The number of piperazine rings is 1. The Balaban J connectivity index is 1.33. The van der Waals surface area contributed by atoms with Crippen LogP contribution in [-0.2, 0) is 33.3 Å². The van der Waals surface area contributed by atoms with Gasteiger partial charge < -0.3 is 57.8 Å². The second kappa shape index (κ2) is 23.0. The van der Waals surface area contributed by atoms with E-state index in [1.807, 2.05) is 6.92 Å². The van der Waals surface area contributed by atoms with Gasteiger partial charge in [0.1, 0.15) is 24.2 Å². The normalized spacial score (nSPS) is 27.5. The van der Waals surface area contributed by atoms with E-state index < -0.39 is 78.6 Å². The standard InChI is InChI=1S/C42H78BN9O8/c1-8-9-10-15-21-52-22-20-46-32(25-52)39(57)50-31(17-12-14-19-45)38(56)51-35(27(3)53)40(58)47-26(2)36(54)49-30(16-11-13-18-44)37(55)48-28(4)43-59-34-24-29-23-33(41(29,5)6)42(34,7)60-43/h26-35,46,53H,8-25,44-45H2,1-7H3,(H,47,58)(H,48,55)(H,49,54)(H,50,57)(H,51,56)/t26-,27+,28-,29-,30-,31-,32?,33-,34+,35-,42-/m0/s1. The maximum atomic E-state index is 13.7. The molecule has 5 aliphatic rings. The molecule has 60 heavy (non-hydrogen) atoms. The van der Waals surface area contributed by atoms with Crippen molar-refractivity contribution >= 4 is 36.7 Å². The summed E-state index contributed by atoms with van der Waals surface area (Å²) in [6.45, 7) is 17.2. The molecule has 18 heteroatoms. The van der Waals surface area contributed by atoms with Crippen molar-refractivity contribution in [2.24, 2.45) is 28.7 Å². The molecule has 11 N–H and O–H groups in total. The van der Waals surface area contributed by atoms with Gasteiger partial charge in [-0.2, -0.15) is 0 Å². The fourth-order valence-corrected chi connectivity index (χ4v) is 9.58. The minimum atomic E-state index is -1.44. The van der Waals surface area contributed by atoms with Crippen LogP contribution in [0.5, 0.6) is 0 Å². The highest BCUT2D eigenvalue weighted by Gasteiger charge is 2.68. The molecule has 2 saturated heterocycles. The van der Waals surface area contributed by atoms with Crippen molar-refractivity contribution in [3.8, 4) is 0 Å². The van der Waals surface area contributed by atoms with Gasteiger partial charge in [0, 0.05) is 19.6 Å². The number of nitrogens with zero attached hydrogens (tertiary/aromatic N) is 1. The van der Waals surface area contributed by atoms with E-state index in [9.17, 15) is 29.1 Å². The van der Waals surface area contributed by atoms with Crippen LogP contribution in [0.25, 0.3) is 0 Å². The van der Waals surface area contributed by atoms with Crippen molar-refractivity contribution in [1.82, 2.24) is 36.8 Å². The number of nitrogens with two attached hydrogens (primary N) is 2. The minimum absolute atomic E-state index is 0.0470. The van der Waals surface area contributed by atoms with Gasteiger partial charge in [0.05, 0.1) is 29.8 Å². The molecule has 0 radical (unpaired) electrons. The highest BCUT2D eigenvalue weighted by Crippen LogP contribution is 2.65. The maximum absolute atomic E-state index is 13.7. The molecule has 0 aromatic rings. The molecule has 2 aliphatic heterocycles. The lowest BCUT2D eigenvalue weighted by Gasteiger charge is -2.64. The SMILES string of the molecule is CCCCCCN1CCNC(C(=O)N[C@@H](CCCCN)C(=O)N[C@H](C(=O)N[C@@H](C)C(=O)N[C@@H](CCCCN)C(=O)N[C@@H](C)B2O[C@@H]3C[C@@H]4C[C@@H](C4(C)C)[C@]3(C)O2)[C@@H](C)O)C1. The first-order chi connectivity index (χ1) is 28.5. The van der Waals surface area contributed by atoms with Crippen LogP contribution in [0, 0.1) is 17.3 Å². The van der Waals surface area contributed by atoms with Crippen molar-refractivity contribution in [1.29, 1.82) is 0 Å². The third kappa shape index (κ3) is 12.8. The predicted octanol–water partition coefficient (Wildman–Crippen LogP) is 0.211. The fourth-order valence-electron chi connectivity index (χ4n) is 9.58. The van der Waals surface area contributed by atoms with Gasteiger partial charge in [-0.1, -0.05) is 40.0 Å². The lowest BCUT2D eigenvalue weighted by Crippen LogP contribution is -2.65. The number of aliphatic hydroxyl groups excluding tert-OH is 1. The van der Waals surface area contributed by atoms with E-state index in [-0.39, 0.29) is 23.8 Å². The Morgan fingerprint density at radius 1 is 0.817 bits per heavy atom. The van der Waals surface area contributed by atoms with Crippen LogP contribution >= 0.6 is 0 Å². The largest absolute Gasteiger partial charge is 0.481 e. The third-order valence-corrected chi connectivity index (χ3v) is 13.6. The van der Waals surface area contributed by atoms with Gasteiger partial charge in [-0.3, -0.25) is 28.9 Å². The molecule has 0 aromatic carbocycles. The quantitative estimate of drug-likeness (QED) is 0.0442. The molecular weight excluding hydrogens is 769 g/mol. The summed E-state index contributed by atoms with van der Waals surface area (Å²) in [4.78, 5) is 70.2. The summed E-state index contributed by atoms with van der Waals surface area (Å²) in [6.07, 6.45) is 8.15. The molecule has 2 heterocycles. The highest BCUT2D eigenvalue weighted by atomic mass is 16.7. The molecule has 11 atom stereocenters. The molecule has 17 nitrogen and oxygen atoms in total. The topological polar surface area (TPSA) is 251 Å². The molecule has 5 rings (SSSR count). The maximum Gasteiger partial charge on any atom is 0.481 e. The highest BCUT2D eigenvalue weighted by molar-refractivity contribution is 6.47. The average Bonchev–Trinajstić information content (AvgIpc) is 3.58. The van der Waals surface area contributed by atoms with Crippen molar-refractivity contribution in [2.75, 3.05) is 39.3 Å². The summed E-state index contributed by atoms with van der Waals surface area (Å²) in [5, 5.41) is 27.8. The molecule has 2 bridgehead atoms. The van der Waals surface area contributed by atoms with E-state index in [2.05, 4.69) is 64.5 Å². The van der Waals surface area contributed by atoms with E-state index >= 15 is 0 Å². The van der Waals surface area contributed by atoms with Gasteiger partial charge in [-0.15, -0.1) is 0 Å². The van der Waals surface area contributed by atoms with Crippen LogP contribution in [0.3, 0.4) is 0 Å². The van der Waals surface area contributed by atoms with E-state index in [1.165, 1.54) is 20.3 Å². The zero-order chi connectivity index (χ0) is 44.2. The van der Waals surface area contributed by atoms with Crippen LogP contribution in [0.15, 0.2) is 0 Å². The number of amides is 5. The van der Waals surface area contributed by atoms with E-state index in [1.54, 1.807) is 0 Å². The smallest absolute Gasteiger partial charge is 0.404 e. The van der Waals surface area contributed by atoms with Crippen LogP contribution in [0.1, 0.15) is 126 Å². The third-order valence-electron chi connectivity index (χ3n) is 13.6.